The number of fused-ring (bicyclic) bond motifs is 1. The van der Waals surface area contributed by atoms with Crippen LogP contribution in [0.2, 0.25) is 0 Å². The van der Waals surface area contributed by atoms with Crippen LogP contribution in [0, 0.1) is 0 Å². The lowest BCUT2D eigenvalue weighted by atomic mass is 10.1. The molecule has 0 spiro atoms. The van der Waals surface area contributed by atoms with Crippen molar-refractivity contribution >= 4 is 17.9 Å². The van der Waals surface area contributed by atoms with E-state index in [1.807, 2.05) is 0 Å². The fourth-order valence-electron chi connectivity index (χ4n) is 3.10. The fraction of sp³-hybridized carbons (Fsp3) is 0.833. The third-order valence-corrected chi connectivity index (χ3v) is 4.73. The van der Waals surface area contributed by atoms with Gasteiger partial charge in [0.05, 0.1) is 0 Å². The monoisotopic (exact) mass is 370 g/mol. The highest BCUT2D eigenvalue weighted by Crippen LogP contribution is 2.21. The summed E-state index contributed by atoms with van der Waals surface area (Å²) in [5.41, 5.74) is -0.658. The van der Waals surface area contributed by atoms with Gasteiger partial charge in [0.1, 0.15) is 17.7 Å². The van der Waals surface area contributed by atoms with Gasteiger partial charge in [-0.15, -0.1) is 0 Å². The molecular weight excluding hydrogens is 336 g/mol. The van der Waals surface area contributed by atoms with Gasteiger partial charge < -0.3 is 20.3 Å². The number of nitrogens with one attached hydrogen (secondary N) is 2. The molecular formula is C18H32N4O4. The van der Waals surface area contributed by atoms with Crippen molar-refractivity contribution in [3.05, 3.63) is 0 Å². The quantitative estimate of drug-likeness (QED) is 0.764. The zero-order valence-electron chi connectivity index (χ0n) is 17.4. The van der Waals surface area contributed by atoms with Gasteiger partial charge >= 0.3 is 6.09 Å². The minimum atomic E-state index is -0.792. The van der Waals surface area contributed by atoms with Crippen LogP contribution >= 0.6 is 0 Å². The summed E-state index contributed by atoms with van der Waals surface area (Å²) < 4.78 is 13.4. The second-order valence-corrected chi connectivity index (χ2v) is 7.98. The number of hydrogen-bond acceptors (Lipinski definition) is 5. The molecule has 8 heteroatoms. The van der Waals surface area contributed by atoms with Crippen LogP contribution in [0.1, 0.15) is 48.3 Å². The Morgan fingerprint density at radius 1 is 1.42 bits per heavy atom. The average molecular weight is 370 g/mol. The first-order chi connectivity index (χ1) is 12.5. The Morgan fingerprint density at radius 2 is 2.12 bits per heavy atom. The van der Waals surface area contributed by atoms with Gasteiger partial charge in [-0.1, -0.05) is 0 Å². The predicted octanol–water partition coefficient (Wildman–Crippen LogP) is 0.711. The van der Waals surface area contributed by atoms with E-state index in [0.29, 0.717) is 13.0 Å². The summed E-state index contributed by atoms with van der Waals surface area (Å²) >= 11 is 0. The highest BCUT2D eigenvalue weighted by atomic mass is 16.6. The molecule has 4 atom stereocenters. The average Bonchev–Trinajstić information content (AvgIpc) is 2.92. The van der Waals surface area contributed by atoms with E-state index in [1.54, 1.807) is 32.6 Å². The Hall–Kier alpha value is -1.83. The molecule has 2 saturated heterocycles. The number of hydrogen-bond donors (Lipinski definition) is 2. The number of carbonyl (C=O) groups is 3. The van der Waals surface area contributed by atoms with E-state index in [2.05, 4.69) is 10.6 Å². The maximum absolute atomic E-state index is 12.9. The number of rotatable bonds is 3. The van der Waals surface area contributed by atoms with E-state index >= 15 is 0 Å². The van der Waals surface area contributed by atoms with Crippen molar-refractivity contribution in [3.8, 4) is 0 Å². The third-order valence-electron chi connectivity index (χ3n) is 4.73. The van der Waals surface area contributed by atoms with E-state index in [-0.39, 0.29) is 11.9 Å². The van der Waals surface area contributed by atoms with Crippen molar-refractivity contribution in [2.45, 2.75) is 70.7 Å². The molecule has 148 valence electrons. The molecule has 0 aliphatic carbocycles. The second-order valence-electron chi connectivity index (χ2n) is 7.98. The van der Waals surface area contributed by atoms with Gasteiger partial charge in [-0.05, 0) is 53.5 Å². The minimum absolute atomic E-state index is 0.0501. The Kier molecular flexibility index (Phi) is 6.01. The molecule has 3 amide bonds. The van der Waals surface area contributed by atoms with Crippen molar-refractivity contribution in [2.75, 3.05) is 26.7 Å². The van der Waals surface area contributed by atoms with Crippen molar-refractivity contribution < 1.29 is 20.5 Å². The molecule has 0 saturated carbocycles. The normalized spacial score (nSPS) is 28.3. The molecule has 0 aromatic heterocycles. The zero-order valence-corrected chi connectivity index (χ0v) is 16.4. The number of amides is 3. The lowest BCUT2D eigenvalue weighted by molar-refractivity contribution is -0.138. The van der Waals surface area contributed by atoms with Gasteiger partial charge in [0.25, 0.3) is 0 Å². The van der Waals surface area contributed by atoms with Crippen LogP contribution in [0.5, 0.6) is 0 Å². The van der Waals surface area contributed by atoms with E-state index in [1.165, 1.54) is 11.9 Å². The van der Waals surface area contributed by atoms with Crippen molar-refractivity contribution in [1.29, 1.82) is 0 Å². The Morgan fingerprint density at radius 3 is 2.77 bits per heavy atom. The summed E-state index contributed by atoms with van der Waals surface area (Å²) in [7, 11) is 1.49. The molecule has 2 rings (SSSR count). The molecule has 2 aliphatic heterocycles. The van der Waals surface area contributed by atoms with Gasteiger partial charge in [-0.3, -0.25) is 14.5 Å². The summed E-state index contributed by atoms with van der Waals surface area (Å²) in [6.45, 7) is 7.35. The molecule has 0 aromatic rings. The highest BCUT2D eigenvalue weighted by molar-refractivity contribution is 5.91. The number of likely N-dealkylation sites (N-methyl/N-ethyl adjacent to an activating group) is 1. The molecule has 0 aromatic carbocycles. The van der Waals surface area contributed by atoms with Crippen molar-refractivity contribution in [2.24, 2.45) is 0 Å². The van der Waals surface area contributed by atoms with Gasteiger partial charge in [-0.25, -0.2) is 4.79 Å². The Balaban J connectivity index is 2.02. The van der Waals surface area contributed by atoms with Crippen LogP contribution in [-0.4, -0.2) is 78.1 Å². The van der Waals surface area contributed by atoms with Crippen LogP contribution < -0.4 is 10.6 Å². The van der Waals surface area contributed by atoms with Crippen molar-refractivity contribution in [3.63, 3.8) is 0 Å². The lowest BCUT2D eigenvalue weighted by Gasteiger charge is -2.33. The smallest absolute Gasteiger partial charge is 0.410 e. The van der Waals surface area contributed by atoms with Gasteiger partial charge in [-0.2, -0.15) is 0 Å². The molecule has 2 heterocycles. The maximum atomic E-state index is 12.9. The van der Waals surface area contributed by atoms with E-state index in [9.17, 15) is 14.4 Å². The third kappa shape index (κ3) is 5.09. The van der Waals surface area contributed by atoms with Gasteiger partial charge in [0.2, 0.25) is 11.8 Å². The second kappa shape index (κ2) is 8.24. The molecule has 26 heavy (non-hydrogen) atoms. The first kappa shape index (κ1) is 18.9. The molecule has 2 fully saturated rings. The molecule has 8 nitrogen and oxygen atoms in total. The van der Waals surface area contributed by atoms with E-state index < -0.39 is 36.2 Å². The molecule has 0 unspecified atom stereocenters. The number of carbonyl (C=O) groups excluding carboxylic acids is 3. The standard InChI is InChI=1S/C18H32N4O4/c1-12(21(5)17(25)26-18(2,3)4)15(23)20-14-11-19-9-8-13-7-6-10-22(13)16(14)24/h12-14,19H,6-11H2,1-5H3,(H,20,23)/t12-,13+,14-/m0/s1/i10T/t10-,12+,13-,14+/m1. The minimum Gasteiger partial charge on any atom is -0.444 e. The van der Waals surface area contributed by atoms with E-state index in [0.717, 1.165) is 19.4 Å². The molecule has 0 radical (unpaired) electrons. The highest BCUT2D eigenvalue weighted by Gasteiger charge is 2.36. The SMILES string of the molecule is [3H][C@@H]1CC[C@@H]2CCNC[C@H](NC(=O)[C@H](C)N(C)C(=O)OC(C)(C)C)C(=O)N21. The van der Waals surface area contributed by atoms with E-state index in [4.69, 9.17) is 6.11 Å². The largest absolute Gasteiger partial charge is 0.444 e. The summed E-state index contributed by atoms with van der Waals surface area (Å²) in [4.78, 5) is 40.5. The van der Waals surface area contributed by atoms with Crippen LogP contribution in [0.4, 0.5) is 4.79 Å². The van der Waals surface area contributed by atoms with Gasteiger partial charge in [0.15, 0.2) is 0 Å². The number of ether oxygens (including phenoxy) is 1. The Bertz CT molecular complexity index is 580. The number of nitrogens with zero attached hydrogens (tertiary/aromatic N) is 2. The summed E-state index contributed by atoms with van der Waals surface area (Å²) in [6, 6.07) is -1.49. The summed E-state index contributed by atoms with van der Waals surface area (Å²) in [5.74, 6) is -0.661. The predicted molar refractivity (Wildman–Crippen MR) is 97.6 cm³/mol. The fourth-order valence-corrected chi connectivity index (χ4v) is 3.10. The zero-order chi connectivity index (χ0) is 20.4. The molecule has 0 bridgehead atoms. The maximum Gasteiger partial charge on any atom is 0.410 e. The lowest BCUT2D eigenvalue weighted by Crippen LogP contribution is -2.59. The molecule has 2 aliphatic rings. The first-order valence-electron chi connectivity index (χ1n) is 9.80. The summed E-state index contributed by atoms with van der Waals surface area (Å²) in [6.07, 6.45) is 1.70. The Labute approximate surface area is 157 Å². The van der Waals surface area contributed by atoms with Crippen LogP contribution in [-0.2, 0) is 14.3 Å². The van der Waals surface area contributed by atoms with Crippen LogP contribution in [0.25, 0.3) is 0 Å². The van der Waals surface area contributed by atoms with Crippen molar-refractivity contribution in [1.82, 2.24) is 20.4 Å². The topological polar surface area (TPSA) is 91.0 Å². The van der Waals surface area contributed by atoms with Crippen LogP contribution in [0.3, 0.4) is 0 Å². The first-order valence-corrected chi connectivity index (χ1v) is 9.22. The summed E-state index contributed by atoms with van der Waals surface area (Å²) in [5, 5.41) is 5.94. The van der Waals surface area contributed by atoms with Gasteiger partial charge in [0, 0.05) is 27.5 Å². The molecule has 2 N–H and O–H groups in total. The van der Waals surface area contributed by atoms with Crippen LogP contribution in [0.15, 0.2) is 0 Å².